The van der Waals surface area contributed by atoms with Crippen LogP contribution in [0.2, 0.25) is 0 Å². The zero-order valence-electron chi connectivity index (χ0n) is 23.7. The van der Waals surface area contributed by atoms with E-state index in [1.165, 1.54) is 27.8 Å². The number of aromatic nitrogens is 1. The van der Waals surface area contributed by atoms with Gasteiger partial charge >= 0.3 is 0 Å². The van der Waals surface area contributed by atoms with Crippen molar-refractivity contribution in [2.45, 2.75) is 38.5 Å². The van der Waals surface area contributed by atoms with Crippen LogP contribution >= 0.6 is 11.3 Å². The SMILES string of the molecule is CCOc1ccc2nc(N(CCN(CC)CC)C(=O)c3ccc(S(=O)(=O)N4CCCc5ccccc54)cc3)sc2c1. The first-order chi connectivity index (χ1) is 19.8. The normalized spacial score (nSPS) is 13.4. The molecule has 10 heteroatoms. The lowest BCUT2D eigenvalue weighted by Crippen LogP contribution is -2.39. The maximum atomic E-state index is 13.9. The Hall–Kier alpha value is -3.47. The number of carbonyl (C=O) groups excluding carboxylic acids is 1. The summed E-state index contributed by atoms with van der Waals surface area (Å²) in [5.41, 5.74) is 2.97. The monoisotopic (exact) mass is 592 g/mol. The van der Waals surface area contributed by atoms with Crippen molar-refractivity contribution in [3.8, 4) is 5.75 Å². The summed E-state index contributed by atoms with van der Waals surface area (Å²) in [6.45, 7) is 10.1. The number of para-hydroxylation sites is 1. The second kappa shape index (κ2) is 12.6. The first-order valence-electron chi connectivity index (χ1n) is 14.1. The number of thiazole rings is 1. The van der Waals surface area contributed by atoms with E-state index in [9.17, 15) is 13.2 Å². The lowest BCUT2D eigenvalue weighted by atomic mass is 10.0. The maximum Gasteiger partial charge on any atom is 0.264 e. The summed E-state index contributed by atoms with van der Waals surface area (Å²) in [5.74, 6) is 0.554. The van der Waals surface area contributed by atoms with Crippen molar-refractivity contribution in [3.05, 3.63) is 77.9 Å². The average molecular weight is 593 g/mol. The molecule has 3 aromatic carbocycles. The molecule has 0 spiro atoms. The van der Waals surface area contributed by atoms with Crippen molar-refractivity contribution in [2.75, 3.05) is 48.5 Å². The fraction of sp³-hybridized carbons (Fsp3) is 0.355. The quantitative estimate of drug-likeness (QED) is 0.218. The highest BCUT2D eigenvalue weighted by Gasteiger charge is 2.29. The van der Waals surface area contributed by atoms with E-state index in [1.807, 2.05) is 49.4 Å². The fourth-order valence-electron chi connectivity index (χ4n) is 5.13. The Balaban J connectivity index is 1.43. The topological polar surface area (TPSA) is 83.0 Å². The number of benzene rings is 3. The lowest BCUT2D eigenvalue weighted by molar-refractivity contribution is 0.0983. The van der Waals surface area contributed by atoms with E-state index in [0.29, 0.717) is 36.9 Å². The second-order valence-electron chi connectivity index (χ2n) is 9.88. The molecule has 1 aromatic heterocycles. The number of sulfonamides is 1. The number of ether oxygens (including phenoxy) is 1. The number of likely N-dealkylation sites (N-methyl/N-ethyl adjacent to an activating group) is 1. The Morgan fingerprint density at radius 1 is 1.00 bits per heavy atom. The molecule has 1 aliphatic rings. The fourth-order valence-corrected chi connectivity index (χ4v) is 7.69. The highest BCUT2D eigenvalue weighted by molar-refractivity contribution is 7.92. The van der Waals surface area contributed by atoms with E-state index < -0.39 is 10.0 Å². The molecule has 1 aliphatic heterocycles. The van der Waals surface area contributed by atoms with Crippen LogP contribution in [0, 0.1) is 0 Å². The summed E-state index contributed by atoms with van der Waals surface area (Å²) in [6.07, 6.45) is 1.63. The maximum absolute atomic E-state index is 13.9. The van der Waals surface area contributed by atoms with Gasteiger partial charge in [0.2, 0.25) is 0 Å². The van der Waals surface area contributed by atoms with E-state index in [-0.39, 0.29) is 10.8 Å². The molecule has 0 radical (unpaired) electrons. The van der Waals surface area contributed by atoms with E-state index in [4.69, 9.17) is 9.72 Å². The standard InChI is InChI=1S/C31H36N4O4S2/c1-4-33(5-2)20-21-34(31-32-27-18-15-25(39-6-3)22-29(27)40-31)30(36)24-13-16-26(17-14-24)41(37,38)35-19-9-11-23-10-7-8-12-28(23)35/h7-8,10,12-18,22H,4-6,9,11,19-21H2,1-3H3. The number of fused-ring (bicyclic) bond motifs is 2. The van der Waals surface area contributed by atoms with Gasteiger partial charge in [0, 0.05) is 25.2 Å². The van der Waals surface area contributed by atoms with Crippen molar-refractivity contribution in [2.24, 2.45) is 0 Å². The lowest BCUT2D eigenvalue weighted by Gasteiger charge is -2.30. The van der Waals surface area contributed by atoms with Gasteiger partial charge in [-0.1, -0.05) is 43.4 Å². The van der Waals surface area contributed by atoms with Crippen molar-refractivity contribution >= 4 is 48.3 Å². The number of anilines is 2. The summed E-state index contributed by atoms with van der Waals surface area (Å²) in [6, 6.07) is 19.7. The van der Waals surface area contributed by atoms with Gasteiger partial charge in [-0.15, -0.1) is 0 Å². The van der Waals surface area contributed by atoms with Gasteiger partial charge in [-0.3, -0.25) is 14.0 Å². The molecule has 8 nitrogen and oxygen atoms in total. The van der Waals surface area contributed by atoms with Gasteiger partial charge in [0.05, 0.1) is 27.4 Å². The molecule has 5 rings (SSSR count). The van der Waals surface area contributed by atoms with Gasteiger partial charge in [0.1, 0.15) is 5.75 Å². The molecule has 0 bridgehead atoms. The average Bonchev–Trinajstić information content (AvgIpc) is 3.42. The Labute approximate surface area is 246 Å². The molecule has 0 fully saturated rings. The first kappa shape index (κ1) is 29.0. The number of carbonyl (C=O) groups is 1. The largest absolute Gasteiger partial charge is 0.494 e. The Morgan fingerprint density at radius 2 is 1.76 bits per heavy atom. The second-order valence-corrected chi connectivity index (χ2v) is 12.7. The Morgan fingerprint density at radius 3 is 2.49 bits per heavy atom. The van der Waals surface area contributed by atoms with Crippen LogP contribution in [-0.2, 0) is 16.4 Å². The minimum absolute atomic E-state index is 0.170. The van der Waals surface area contributed by atoms with Crippen LogP contribution in [-0.4, -0.2) is 63.5 Å². The number of hydrogen-bond donors (Lipinski definition) is 0. The number of rotatable bonds is 11. The third-order valence-electron chi connectivity index (χ3n) is 7.43. The molecular formula is C31H36N4O4S2. The van der Waals surface area contributed by atoms with E-state index in [0.717, 1.165) is 53.1 Å². The number of nitrogens with zero attached hydrogens (tertiary/aromatic N) is 4. The number of aryl methyl sites for hydroxylation is 1. The molecule has 0 N–H and O–H groups in total. The summed E-state index contributed by atoms with van der Waals surface area (Å²) in [5, 5.41) is 0.604. The highest BCUT2D eigenvalue weighted by atomic mass is 32.2. The smallest absolute Gasteiger partial charge is 0.264 e. The molecule has 41 heavy (non-hydrogen) atoms. The van der Waals surface area contributed by atoms with Gasteiger partial charge in [0.25, 0.3) is 15.9 Å². The van der Waals surface area contributed by atoms with Crippen molar-refractivity contribution in [1.82, 2.24) is 9.88 Å². The summed E-state index contributed by atoms with van der Waals surface area (Å²) in [4.78, 5) is 22.8. The van der Waals surface area contributed by atoms with Crippen molar-refractivity contribution < 1.29 is 17.9 Å². The van der Waals surface area contributed by atoms with Crippen LogP contribution in [0.4, 0.5) is 10.8 Å². The number of amides is 1. The molecule has 0 saturated carbocycles. The number of hydrogen-bond acceptors (Lipinski definition) is 7. The molecule has 0 aliphatic carbocycles. The van der Waals surface area contributed by atoms with E-state index in [1.54, 1.807) is 17.0 Å². The van der Waals surface area contributed by atoms with Gasteiger partial charge in [-0.2, -0.15) is 0 Å². The van der Waals surface area contributed by atoms with Crippen molar-refractivity contribution in [1.29, 1.82) is 0 Å². The van der Waals surface area contributed by atoms with Crippen LogP contribution in [0.15, 0.2) is 71.6 Å². The van der Waals surface area contributed by atoms with Crippen LogP contribution in [0.1, 0.15) is 43.1 Å². The first-order valence-corrected chi connectivity index (χ1v) is 16.4. The minimum Gasteiger partial charge on any atom is -0.494 e. The molecule has 0 unspecified atom stereocenters. The zero-order chi connectivity index (χ0) is 29.0. The van der Waals surface area contributed by atoms with Crippen LogP contribution in [0.5, 0.6) is 5.75 Å². The summed E-state index contributed by atoms with van der Waals surface area (Å²) in [7, 11) is -3.77. The van der Waals surface area contributed by atoms with E-state index >= 15 is 0 Å². The van der Waals surface area contributed by atoms with E-state index in [2.05, 4.69) is 18.7 Å². The molecular weight excluding hydrogens is 556 g/mol. The predicted octanol–water partition coefficient (Wildman–Crippen LogP) is 5.83. The predicted molar refractivity (Wildman–Crippen MR) is 166 cm³/mol. The molecule has 4 aromatic rings. The van der Waals surface area contributed by atoms with Gasteiger partial charge in [-0.05, 0) is 86.9 Å². The molecule has 216 valence electrons. The molecule has 0 atom stereocenters. The third kappa shape index (κ3) is 6.10. The summed E-state index contributed by atoms with van der Waals surface area (Å²) >= 11 is 1.45. The van der Waals surface area contributed by atoms with Crippen LogP contribution in [0.25, 0.3) is 10.2 Å². The van der Waals surface area contributed by atoms with Gasteiger partial charge in [0.15, 0.2) is 5.13 Å². The van der Waals surface area contributed by atoms with Gasteiger partial charge < -0.3 is 9.64 Å². The zero-order valence-corrected chi connectivity index (χ0v) is 25.4. The Kier molecular flexibility index (Phi) is 8.91. The summed E-state index contributed by atoms with van der Waals surface area (Å²) < 4.78 is 35.3. The third-order valence-corrected chi connectivity index (χ3v) is 10.3. The van der Waals surface area contributed by atoms with Gasteiger partial charge in [-0.25, -0.2) is 13.4 Å². The minimum atomic E-state index is -3.77. The van der Waals surface area contributed by atoms with Crippen LogP contribution in [0.3, 0.4) is 0 Å². The highest BCUT2D eigenvalue weighted by Crippen LogP contribution is 2.34. The molecule has 1 amide bonds. The van der Waals surface area contributed by atoms with Crippen molar-refractivity contribution in [3.63, 3.8) is 0 Å². The van der Waals surface area contributed by atoms with Crippen LogP contribution < -0.4 is 13.9 Å². The Bertz CT molecular complexity index is 1610. The molecule has 0 saturated heterocycles. The molecule has 2 heterocycles.